The zero-order valence-electron chi connectivity index (χ0n) is 15.2. The number of benzene rings is 1. The van der Waals surface area contributed by atoms with Crippen LogP contribution in [-0.2, 0) is 12.8 Å². The SMILES string of the molecule is CCNC(=NCCc1cccc(OC)c1)NCCc1ccc(Cl)nc1.I. The van der Waals surface area contributed by atoms with E-state index in [-0.39, 0.29) is 24.0 Å². The molecule has 0 radical (unpaired) electrons. The number of rotatable bonds is 8. The molecule has 26 heavy (non-hydrogen) atoms. The molecule has 2 aromatic rings. The summed E-state index contributed by atoms with van der Waals surface area (Å²) in [5.74, 6) is 1.70. The summed E-state index contributed by atoms with van der Waals surface area (Å²) in [6.45, 7) is 4.38. The number of methoxy groups -OCH3 is 1. The molecule has 142 valence electrons. The number of guanidine groups is 1. The summed E-state index contributed by atoms with van der Waals surface area (Å²) in [6.07, 6.45) is 3.54. The van der Waals surface area contributed by atoms with E-state index in [2.05, 4.69) is 33.6 Å². The van der Waals surface area contributed by atoms with E-state index in [1.807, 2.05) is 30.3 Å². The topological polar surface area (TPSA) is 58.5 Å². The monoisotopic (exact) mass is 488 g/mol. The molecule has 5 nitrogen and oxygen atoms in total. The Hall–Kier alpha value is -1.54. The van der Waals surface area contributed by atoms with Gasteiger partial charge in [0, 0.05) is 25.8 Å². The molecular weight excluding hydrogens is 463 g/mol. The van der Waals surface area contributed by atoms with E-state index in [1.165, 1.54) is 5.56 Å². The van der Waals surface area contributed by atoms with Gasteiger partial charge in [0.2, 0.25) is 0 Å². The Kier molecular flexibility index (Phi) is 11.0. The van der Waals surface area contributed by atoms with Crippen molar-refractivity contribution in [3.05, 3.63) is 58.9 Å². The first-order valence-electron chi connectivity index (χ1n) is 8.47. The fourth-order valence-electron chi connectivity index (χ4n) is 2.35. The van der Waals surface area contributed by atoms with Crippen LogP contribution in [0, 0.1) is 0 Å². The molecule has 0 aliphatic heterocycles. The highest BCUT2D eigenvalue weighted by Gasteiger charge is 2.00. The molecule has 0 aliphatic carbocycles. The number of hydrogen-bond donors (Lipinski definition) is 2. The van der Waals surface area contributed by atoms with Gasteiger partial charge in [-0.25, -0.2) is 4.98 Å². The van der Waals surface area contributed by atoms with Crippen molar-refractivity contribution in [3.63, 3.8) is 0 Å². The number of halogens is 2. The van der Waals surface area contributed by atoms with Crippen molar-refractivity contribution in [2.45, 2.75) is 19.8 Å². The number of ether oxygens (including phenoxy) is 1. The molecule has 1 heterocycles. The largest absolute Gasteiger partial charge is 0.497 e. The number of nitrogens with one attached hydrogen (secondary N) is 2. The predicted octanol–water partition coefficient (Wildman–Crippen LogP) is 3.70. The predicted molar refractivity (Wildman–Crippen MR) is 119 cm³/mol. The maximum absolute atomic E-state index is 5.80. The molecule has 7 heteroatoms. The van der Waals surface area contributed by atoms with E-state index in [0.29, 0.717) is 11.7 Å². The zero-order valence-corrected chi connectivity index (χ0v) is 18.3. The molecule has 1 aromatic heterocycles. The Morgan fingerprint density at radius 3 is 2.69 bits per heavy atom. The van der Waals surface area contributed by atoms with Gasteiger partial charge in [0.15, 0.2) is 5.96 Å². The molecule has 0 saturated heterocycles. The molecule has 1 aromatic carbocycles. The van der Waals surface area contributed by atoms with E-state index in [0.717, 1.165) is 43.2 Å². The molecule has 2 rings (SSSR count). The molecule has 0 bridgehead atoms. The third-order valence-corrected chi connectivity index (χ3v) is 3.87. The maximum Gasteiger partial charge on any atom is 0.191 e. The summed E-state index contributed by atoms with van der Waals surface area (Å²) >= 11 is 5.80. The molecule has 0 spiro atoms. The van der Waals surface area contributed by atoms with Crippen LogP contribution in [0.3, 0.4) is 0 Å². The highest BCUT2D eigenvalue weighted by atomic mass is 127. The smallest absolute Gasteiger partial charge is 0.191 e. The van der Waals surface area contributed by atoms with Gasteiger partial charge >= 0.3 is 0 Å². The van der Waals surface area contributed by atoms with E-state index >= 15 is 0 Å². The highest BCUT2D eigenvalue weighted by molar-refractivity contribution is 14.0. The summed E-state index contributed by atoms with van der Waals surface area (Å²) < 4.78 is 5.25. The lowest BCUT2D eigenvalue weighted by atomic mass is 10.1. The van der Waals surface area contributed by atoms with Gasteiger partial charge in [-0.3, -0.25) is 4.99 Å². The van der Waals surface area contributed by atoms with Crippen LogP contribution in [-0.4, -0.2) is 37.7 Å². The summed E-state index contributed by atoms with van der Waals surface area (Å²) in [6, 6.07) is 11.9. The summed E-state index contributed by atoms with van der Waals surface area (Å²) in [4.78, 5) is 8.72. The van der Waals surface area contributed by atoms with E-state index in [9.17, 15) is 0 Å². The maximum atomic E-state index is 5.80. The van der Waals surface area contributed by atoms with Crippen molar-refractivity contribution in [3.8, 4) is 5.75 Å². The van der Waals surface area contributed by atoms with Gasteiger partial charge in [-0.1, -0.05) is 29.8 Å². The van der Waals surface area contributed by atoms with E-state index < -0.39 is 0 Å². The second-order valence-corrected chi connectivity index (χ2v) is 5.92. The van der Waals surface area contributed by atoms with Gasteiger partial charge in [-0.05, 0) is 49.1 Å². The Labute approximate surface area is 177 Å². The van der Waals surface area contributed by atoms with Crippen LogP contribution in [0.1, 0.15) is 18.1 Å². The molecule has 0 atom stereocenters. The molecule has 0 aliphatic rings. The van der Waals surface area contributed by atoms with Crippen molar-refractivity contribution in [2.24, 2.45) is 4.99 Å². The van der Waals surface area contributed by atoms with E-state index in [4.69, 9.17) is 16.3 Å². The minimum atomic E-state index is 0. The first kappa shape index (κ1) is 22.5. The Bertz CT molecular complexity index is 679. The second kappa shape index (κ2) is 12.8. The van der Waals surface area contributed by atoms with Gasteiger partial charge in [0.25, 0.3) is 0 Å². The number of pyridine rings is 1. The quantitative estimate of drug-likeness (QED) is 0.257. The van der Waals surface area contributed by atoms with Crippen LogP contribution in [0.2, 0.25) is 5.15 Å². The molecular formula is C19H26ClIN4O. The zero-order chi connectivity index (χ0) is 17.9. The van der Waals surface area contributed by atoms with Crippen LogP contribution in [0.25, 0.3) is 0 Å². The minimum absolute atomic E-state index is 0. The standard InChI is InChI=1S/C19H25ClN4O.HI/c1-3-21-19(23-12-10-16-7-8-18(20)24-14-16)22-11-9-15-5-4-6-17(13-15)25-2;/h4-8,13-14H,3,9-12H2,1-2H3,(H2,21,22,23);1H. The van der Waals surface area contributed by atoms with Crippen molar-refractivity contribution in [2.75, 3.05) is 26.7 Å². The van der Waals surface area contributed by atoms with E-state index in [1.54, 1.807) is 13.3 Å². The van der Waals surface area contributed by atoms with Crippen molar-refractivity contribution >= 4 is 41.5 Å². The van der Waals surface area contributed by atoms with Gasteiger partial charge in [-0.2, -0.15) is 0 Å². The third kappa shape index (κ3) is 8.23. The fraction of sp³-hybridized carbons (Fsp3) is 0.368. The first-order valence-corrected chi connectivity index (χ1v) is 8.84. The average molecular weight is 489 g/mol. The van der Waals surface area contributed by atoms with Gasteiger partial charge in [0.05, 0.1) is 7.11 Å². The number of hydrogen-bond acceptors (Lipinski definition) is 3. The fourth-order valence-corrected chi connectivity index (χ4v) is 2.46. The summed E-state index contributed by atoms with van der Waals surface area (Å²) in [5.41, 5.74) is 2.36. The Morgan fingerprint density at radius 2 is 2.00 bits per heavy atom. The Balaban J connectivity index is 0.00000338. The van der Waals surface area contributed by atoms with Crippen LogP contribution in [0.5, 0.6) is 5.75 Å². The first-order chi connectivity index (χ1) is 12.2. The molecule has 2 N–H and O–H groups in total. The van der Waals surface area contributed by atoms with Crippen LogP contribution < -0.4 is 15.4 Å². The van der Waals surface area contributed by atoms with Crippen molar-refractivity contribution in [1.82, 2.24) is 15.6 Å². The van der Waals surface area contributed by atoms with Gasteiger partial charge in [-0.15, -0.1) is 24.0 Å². The molecule has 0 fully saturated rings. The second-order valence-electron chi connectivity index (χ2n) is 5.53. The van der Waals surface area contributed by atoms with Crippen molar-refractivity contribution < 1.29 is 4.74 Å². The third-order valence-electron chi connectivity index (χ3n) is 3.64. The van der Waals surface area contributed by atoms with Crippen LogP contribution in [0.15, 0.2) is 47.6 Å². The average Bonchev–Trinajstić information content (AvgIpc) is 2.63. The lowest BCUT2D eigenvalue weighted by Crippen LogP contribution is -2.38. The summed E-state index contributed by atoms with van der Waals surface area (Å²) in [7, 11) is 1.68. The minimum Gasteiger partial charge on any atom is -0.497 e. The molecule has 0 saturated carbocycles. The molecule has 0 unspecified atom stereocenters. The lowest BCUT2D eigenvalue weighted by molar-refractivity contribution is 0.414. The number of aliphatic imine (C=N–C) groups is 1. The van der Waals surface area contributed by atoms with Gasteiger partial charge in [0.1, 0.15) is 10.9 Å². The number of aromatic nitrogens is 1. The van der Waals surface area contributed by atoms with Crippen LogP contribution in [0.4, 0.5) is 0 Å². The highest BCUT2D eigenvalue weighted by Crippen LogP contribution is 2.12. The molecule has 0 amide bonds. The van der Waals surface area contributed by atoms with Crippen LogP contribution >= 0.6 is 35.6 Å². The van der Waals surface area contributed by atoms with Crippen molar-refractivity contribution in [1.29, 1.82) is 0 Å². The number of nitrogens with zero attached hydrogens (tertiary/aromatic N) is 2. The normalized spacial score (nSPS) is 10.8. The lowest BCUT2D eigenvalue weighted by Gasteiger charge is -2.11. The van der Waals surface area contributed by atoms with Gasteiger partial charge < -0.3 is 15.4 Å². The summed E-state index contributed by atoms with van der Waals surface area (Å²) in [5, 5.41) is 7.13. The Morgan fingerprint density at radius 1 is 1.15 bits per heavy atom.